The van der Waals surface area contributed by atoms with Gasteiger partial charge in [-0.25, -0.2) is 0 Å². The van der Waals surface area contributed by atoms with Crippen molar-refractivity contribution in [3.63, 3.8) is 0 Å². The van der Waals surface area contributed by atoms with Crippen molar-refractivity contribution in [1.29, 1.82) is 0 Å². The molecule has 19 heavy (non-hydrogen) atoms. The zero-order valence-electron chi connectivity index (χ0n) is 9.65. The maximum Gasteiger partial charge on any atom is 0.303 e. The fourth-order valence-electron chi connectivity index (χ4n) is 1.44. The van der Waals surface area contributed by atoms with E-state index >= 15 is 0 Å². The number of nitro groups is 1. The fourth-order valence-corrected chi connectivity index (χ4v) is 1.44. The Kier molecular flexibility index (Phi) is 3.51. The smallest absolute Gasteiger partial charge is 0.303 e. The zero-order valence-corrected chi connectivity index (χ0v) is 9.65. The summed E-state index contributed by atoms with van der Waals surface area (Å²) < 4.78 is 5.25. The van der Waals surface area contributed by atoms with Gasteiger partial charge in [-0.05, 0) is 6.07 Å². The van der Waals surface area contributed by atoms with E-state index in [-0.39, 0.29) is 30.3 Å². The van der Waals surface area contributed by atoms with E-state index in [9.17, 15) is 14.9 Å². The van der Waals surface area contributed by atoms with Gasteiger partial charge in [-0.2, -0.15) is 0 Å². The Labute approximate surface area is 106 Å². The van der Waals surface area contributed by atoms with Crippen molar-refractivity contribution in [2.75, 3.05) is 0 Å². The molecule has 0 amide bonds. The Morgan fingerprint density at radius 1 is 1.42 bits per heavy atom. The lowest BCUT2D eigenvalue weighted by Crippen LogP contribution is -1.97. The van der Waals surface area contributed by atoms with Crippen molar-refractivity contribution in [1.82, 2.24) is 10.2 Å². The molecule has 0 saturated heterocycles. The monoisotopic (exact) mass is 263 g/mol. The Morgan fingerprint density at radius 2 is 2.21 bits per heavy atom. The molecule has 2 rings (SSSR count). The summed E-state index contributed by atoms with van der Waals surface area (Å²) in [4.78, 5) is 20.5. The van der Waals surface area contributed by atoms with E-state index in [1.807, 2.05) is 0 Å². The quantitative estimate of drug-likeness (QED) is 0.643. The molecule has 8 heteroatoms. The minimum absolute atomic E-state index is 0.0808. The molecule has 2 aromatic rings. The van der Waals surface area contributed by atoms with Gasteiger partial charge in [0, 0.05) is 24.1 Å². The summed E-state index contributed by atoms with van der Waals surface area (Å²) in [5.41, 5.74) is 0.339. The van der Waals surface area contributed by atoms with Gasteiger partial charge in [-0.3, -0.25) is 14.9 Å². The summed E-state index contributed by atoms with van der Waals surface area (Å²) in [5.74, 6) is -0.650. The maximum atomic E-state index is 10.6. The van der Waals surface area contributed by atoms with E-state index in [2.05, 4.69) is 10.2 Å². The van der Waals surface area contributed by atoms with Gasteiger partial charge in [0.1, 0.15) is 0 Å². The molecule has 0 spiro atoms. The van der Waals surface area contributed by atoms with Crippen LogP contribution in [-0.4, -0.2) is 26.2 Å². The van der Waals surface area contributed by atoms with Gasteiger partial charge in [0.05, 0.1) is 11.3 Å². The number of aryl methyl sites for hydroxylation is 1. The number of aromatic nitrogens is 2. The Hall–Kier alpha value is -2.77. The lowest BCUT2D eigenvalue weighted by atomic mass is 10.2. The molecular weight excluding hydrogens is 254 g/mol. The molecule has 8 nitrogen and oxygen atoms in total. The number of carboxylic acid groups (broad SMARTS) is 1. The number of benzene rings is 1. The third kappa shape index (κ3) is 3.12. The van der Waals surface area contributed by atoms with Crippen molar-refractivity contribution < 1.29 is 19.2 Å². The van der Waals surface area contributed by atoms with E-state index < -0.39 is 10.9 Å². The van der Waals surface area contributed by atoms with Crippen LogP contribution in [-0.2, 0) is 11.2 Å². The Morgan fingerprint density at radius 3 is 2.89 bits per heavy atom. The number of non-ortho nitro benzene ring substituents is 1. The minimum Gasteiger partial charge on any atom is -0.481 e. The summed E-state index contributed by atoms with van der Waals surface area (Å²) in [7, 11) is 0. The average molecular weight is 263 g/mol. The lowest BCUT2D eigenvalue weighted by molar-refractivity contribution is -0.384. The van der Waals surface area contributed by atoms with Crippen molar-refractivity contribution in [2.24, 2.45) is 0 Å². The number of nitrogens with zero attached hydrogens (tertiary/aromatic N) is 3. The molecule has 0 unspecified atom stereocenters. The van der Waals surface area contributed by atoms with Gasteiger partial charge in [-0.1, -0.05) is 6.07 Å². The molecule has 1 N–H and O–H groups in total. The van der Waals surface area contributed by atoms with Crippen LogP contribution in [0.1, 0.15) is 12.3 Å². The predicted octanol–water partition coefficient (Wildman–Crippen LogP) is 1.66. The second-order valence-corrected chi connectivity index (χ2v) is 3.70. The summed E-state index contributed by atoms with van der Waals surface area (Å²) in [6.07, 6.45) is 0.00777. The number of aliphatic carboxylic acids is 1. The maximum absolute atomic E-state index is 10.6. The summed E-state index contributed by atoms with van der Waals surface area (Å²) in [5, 5.41) is 26.6. The predicted molar refractivity (Wildman–Crippen MR) is 62.3 cm³/mol. The van der Waals surface area contributed by atoms with Gasteiger partial charge in [0.15, 0.2) is 0 Å². The number of carbonyl (C=O) groups is 1. The van der Waals surface area contributed by atoms with Crippen LogP contribution in [0.3, 0.4) is 0 Å². The first-order valence-corrected chi connectivity index (χ1v) is 5.35. The molecule has 0 aliphatic carbocycles. The van der Waals surface area contributed by atoms with Gasteiger partial charge < -0.3 is 9.52 Å². The highest BCUT2D eigenvalue weighted by atomic mass is 16.6. The average Bonchev–Trinajstić information content (AvgIpc) is 2.85. The highest BCUT2D eigenvalue weighted by molar-refractivity contribution is 5.66. The van der Waals surface area contributed by atoms with Gasteiger partial charge >= 0.3 is 5.97 Å². The lowest BCUT2D eigenvalue weighted by Gasteiger charge is -1.95. The van der Waals surface area contributed by atoms with Gasteiger partial charge in [0.2, 0.25) is 11.8 Å². The van der Waals surface area contributed by atoms with Crippen molar-refractivity contribution in [3.8, 4) is 11.5 Å². The Balaban J connectivity index is 2.20. The number of rotatable bonds is 5. The van der Waals surface area contributed by atoms with Crippen LogP contribution in [0.2, 0.25) is 0 Å². The van der Waals surface area contributed by atoms with E-state index in [0.717, 1.165) is 0 Å². The molecule has 0 saturated carbocycles. The van der Waals surface area contributed by atoms with Crippen LogP contribution in [0, 0.1) is 10.1 Å². The van der Waals surface area contributed by atoms with Crippen molar-refractivity contribution in [3.05, 3.63) is 40.3 Å². The normalized spacial score (nSPS) is 10.3. The molecule has 0 atom stereocenters. The SMILES string of the molecule is O=C(O)CCc1nnc(-c2cccc([N+](=O)[O-])c2)o1. The van der Waals surface area contributed by atoms with E-state index in [1.165, 1.54) is 18.2 Å². The number of nitro benzene ring substituents is 1. The van der Waals surface area contributed by atoms with Crippen molar-refractivity contribution >= 4 is 11.7 Å². The van der Waals surface area contributed by atoms with Crippen LogP contribution in [0.5, 0.6) is 0 Å². The molecule has 0 fully saturated rings. The van der Waals surface area contributed by atoms with Crippen LogP contribution in [0.4, 0.5) is 5.69 Å². The van der Waals surface area contributed by atoms with Gasteiger partial charge in [-0.15, -0.1) is 10.2 Å². The first kappa shape index (κ1) is 12.7. The number of carboxylic acids is 1. The van der Waals surface area contributed by atoms with Gasteiger partial charge in [0.25, 0.3) is 5.69 Å². The highest BCUT2D eigenvalue weighted by Gasteiger charge is 2.13. The van der Waals surface area contributed by atoms with E-state index in [0.29, 0.717) is 5.56 Å². The first-order valence-electron chi connectivity index (χ1n) is 5.35. The zero-order chi connectivity index (χ0) is 13.8. The highest BCUT2D eigenvalue weighted by Crippen LogP contribution is 2.22. The molecule has 0 bridgehead atoms. The molecule has 1 aromatic heterocycles. The topological polar surface area (TPSA) is 119 Å². The second-order valence-electron chi connectivity index (χ2n) is 3.70. The standard InChI is InChI=1S/C11H9N3O5/c15-10(16)5-4-9-12-13-11(19-9)7-2-1-3-8(6-7)14(17)18/h1-3,6H,4-5H2,(H,15,16). The first-order chi connectivity index (χ1) is 9.06. The van der Waals surface area contributed by atoms with Crippen LogP contribution >= 0.6 is 0 Å². The Bertz CT molecular complexity index is 622. The summed E-state index contributed by atoms with van der Waals surface area (Å²) >= 11 is 0. The molecule has 98 valence electrons. The fraction of sp³-hybridized carbons (Fsp3) is 0.182. The minimum atomic E-state index is -0.963. The largest absolute Gasteiger partial charge is 0.481 e. The third-order valence-corrected chi connectivity index (χ3v) is 2.32. The second kappa shape index (κ2) is 5.25. The van der Waals surface area contributed by atoms with Crippen LogP contribution in [0.15, 0.2) is 28.7 Å². The molecule has 1 heterocycles. The molecule has 1 aromatic carbocycles. The van der Waals surface area contributed by atoms with Crippen LogP contribution in [0.25, 0.3) is 11.5 Å². The third-order valence-electron chi connectivity index (χ3n) is 2.32. The number of hydrogen-bond acceptors (Lipinski definition) is 6. The van der Waals surface area contributed by atoms with Crippen molar-refractivity contribution in [2.45, 2.75) is 12.8 Å². The van der Waals surface area contributed by atoms with E-state index in [4.69, 9.17) is 9.52 Å². The summed E-state index contributed by atoms with van der Waals surface area (Å²) in [6.45, 7) is 0. The number of hydrogen-bond donors (Lipinski definition) is 1. The molecular formula is C11H9N3O5. The van der Waals surface area contributed by atoms with E-state index in [1.54, 1.807) is 6.07 Å². The van der Waals surface area contributed by atoms with Crippen LogP contribution < -0.4 is 0 Å². The molecule has 0 aliphatic rings. The molecule has 0 aliphatic heterocycles. The summed E-state index contributed by atoms with van der Waals surface area (Å²) in [6, 6.07) is 5.77. The molecule has 0 radical (unpaired) electrons.